The summed E-state index contributed by atoms with van der Waals surface area (Å²) >= 11 is 5.56. The van der Waals surface area contributed by atoms with Crippen LogP contribution in [0, 0.1) is 0 Å². The number of alkyl halides is 1. The number of aliphatic hydroxyl groups excluding tert-OH is 2. The van der Waals surface area contributed by atoms with Gasteiger partial charge in [-0.1, -0.05) is 18.2 Å². The van der Waals surface area contributed by atoms with Crippen LogP contribution in [0.5, 0.6) is 0 Å². The summed E-state index contributed by atoms with van der Waals surface area (Å²) < 4.78 is 0. The summed E-state index contributed by atoms with van der Waals surface area (Å²) in [4.78, 5) is 4.04. The second-order valence-electron chi connectivity index (χ2n) is 3.93. The van der Waals surface area contributed by atoms with E-state index >= 15 is 0 Å². The molecule has 0 saturated carbocycles. The van der Waals surface area contributed by atoms with Crippen molar-refractivity contribution in [2.24, 2.45) is 0 Å². The summed E-state index contributed by atoms with van der Waals surface area (Å²) in [6.07, 6.45) is 1.98. The molecule has 90 valence electrons. The van der Waals surface area contributed by atoms with Crippen LogP contribution >= 0.6 is 11.6 Å². The van der Waals surface area contributed by atoms with E-state index in [1.54, 1.807) is 18.5 Å². The molecule has 0 aliphatic heterocycles. The zero-order chi connectivity index (χ0) is 12.3. The molecule has 2 aromatic rings. The Labute approximate surface area is 105 Å². The number of halogens is 1. The molecule has 1 aromatic carbocycles. The molecular formula is C13H14ClNO2. The molecule has 0 spiro atoms. The molecule has 2 rings (SSSR count). The molecule has 0 bridgehead atoms. The third-order valence-electron chi connectivity index (χ3n) is 2.81. The number of benzene rings is 1. The highest BCUT2D eigenvalue weighted by molar-refractivity contribution is 6.17. The lowest BCUT2D eigenvalue weighted by atomic mass is 9.98. The SMILES string of the molecule is OC(CCCl)C(O)c1cccc2ccncc12. The second-order valence-corrected chi connectivity index (χ2v) is 4.31. The van der Waals surface area contributed by atoms with E-state index in [1.165, 1.54) is 0 Å². The Morgan fingerprint density at radius 1 is 1.24 bits per heavy atom. The van der Waals surface area contributed by atoms with E-state index in [9.17, 15) is 10.2 Å². The van der Waals surface area contributed by atoms with E-state index in [0.29, 0.717) is 17.9 Å². The highest BCUT2D eigenvalue weighted by Crippen LogP contribution is 2.26. The minimum absolute atomic E-state index is 0.321. The highest BCUT2D eigenvalue weighted by atomic mass is 35.5. The maximum absolute atomic E-state index is 10.1. The topological polar surface area (TPSA) is 53.4 Å². The number of pyridine rings is 1. The van der Waals surface area contributed by atoms with Crippen molar-refractivity contribution < 1.29 is 10.2 Å². The molecule has 3 nitrogen and oxygen atoms in total. The van der Waals surface area contributed by atoms with Crippen LogP contribution < -0.4 is 0 Å². The fourth-order valence-electron chi connectivity index (χ4n) is 1.87. The average molecular weight is 252 g/mol. The Balaban J connectivity index is 2.41. The molecule has 1 heterocycles. The molecule has 2 unspecified atom stereocenters. The van der Waals surface area contributed by atoms with Crippen molar-refractivity contribution in [1.82, 2.24) is 4.98 Å². The molecule has 2 N–H and O–H groups in total. The summed E-state index contributed by atoms with van der Waals surface area (Å²) in [6.45, 7) is 0. The highest BCUT2D eigenvalue weighted by Gasteiger charge is 2.19. The van der Waals surface area contributed by atoms with Crippen molar-refractivity contribution in [3.05, 3.63) is 42.2 Å². The van der Waals surface area contributed by atoms with Gasteiger partial charge in [0.1, 0.15) is 6.10 Å². The van der Waals surface area contributed by atoms with Crippen LogP contribution in [0.25, 0.3) is 10.8 Å². The first-order valence-corrected chi connectivity index (χ1v) is 6.02. The number of nitrogens with zero attached hydrogens (tertiary/aromatic N) is 1. The Bertz CT molecular complexity index is 498. The number of rotatable bonds is 4. The first kappa shape index (κ1) is 12.3. The van der Waals surface area contributed by atoms with Crippen molar-refractivity contribution in [1.29, 1.82) is 0 Å². The van der Waals surface area contributed by atoms with Crippen LogP contribution in [0.3, 0.4) is 0 Å². The van der Waals surface area contributed by atoms with Gasteiger partial charge in [0, 0.05) is 23.7 Å². The fourth-order valence-corrected chi connectivity index (χ4v) is 2.10. The van der Waals surface area contributed by atoms with Crippen molar-refractivity contribution in [2.45, 2.75) is 18.6 Å². The predicted octanol–water partition coefficient (Wildman–Crippen LogP) is 2.26. The molecule has 0 radical (unpaired) electrons. The first-order chi connectivity index (χ1) is 8.24. The largest absolute Gasteiger partial charge is 0.390 e. The van der Waals surface area contributed by atoms with Gasteiger partial charge in [-0.15, -0.1) is 11.6 Å². The predicted molar refractivity (Wildman–Crippen MR) is 68.0 cm³/mol. The van der Waals surface area contributed by atoms with Gasteiger partial charge < -0.3 is 10.2 Å². The van der Waals surface area contributed by atoms with Crippen LogP contribution in [0.2, 0.25) is 0 Å². The van der Waals surface area contributed by atoms with Gasteiger partial charge in [-0.2, -0.15) is 0 Å². The second kappa shape index (κ2) is 5.45. The first-order valence-electron chi connectivity index (χ1n) is 5.49. The Morgan fingerprint density at radius 3 is 2.82 bits per heavy atom. The van der Waals surface area contributed by atoms with Gasteiger partial charge in [0.2, 0.25) is 0 Å². The van der Waals surface area contributed by atoms with E-state index in [0.717, 1.165) is 10.8 Å². The lowest BCUT2D eigenvalue weighted by Crippen LogP contribution is -2.18. The summed E-state index contributed by atoms with van der Waals surface area (Å²) in [5, 5.41) is 21.7. The molecule has 0 saturated heterocycles. The third kappa shape index (κ3) is 2.57. The Morgan fingerprint density at radius 2 is 2.06 bits per heavy atom. The van der Waals surface area contributed by atoms with Crippen LogP contribution in [0.15, 0.2) is 36.7 Å². The number of hydrogen-bond donors (Lipinski definition) is 2. The molecule has 2 atom stereocenters. The van der Waals surface area contributed by atoms with Gasteiger partial charge in [0.25, 0.3) is 0 Å². The van der Waals surface area contributed by atoms with E-state index in [2.05, 4.69) is 4.98 Å². The number of aliphatic hydroxyl groups is 2. The minimum Gasteiger partial charge on any atom is -0.390 e. The summed E-state index contributed by atoms with van der Waals surface area (Å²) in [6, 6.07) is 7.47. The number of fused-ring (bicyclic) bond motifs is 1. The zero-order valence-corrected chi connectivity index (χ0v) is 10.0. The Kier molecular flexibility index (Phi) is 3.94. The van der Waals surface area contributed by atoms with E-state index in [-0.39, 0.29) is 0 Å². The molecule has 17 heavy (non-hydrogen) atoms. The lowest BCUT2D eigenvalue weighted by molar-refractivity contribution is 0.0178. The monoisotopic (exact) mass is 251 g/mol. The standard InChI is InChI=1S/C13H14ClNO2/c14-6-4-12(16)13(17)10-3-1-2-9-5-7-15-8-11(9)10/h1-3,5,7-8,12-13,16-17H,4,6H2. The van der Waals surface area contributed by atoms with Gasteiger partial charge in [-0.25, -0.2) is 0 Å². The number of aromatic nitrogens is 1. The van der Waals surface area contributed by atoms with Crippen molar-refractivity contribution in [3.8, 4) is 0 Å². The Hall–Kier alpha value is -1.16. The van der Waals surface area contributed by atoms with Gasteiger partial charge in [-0.3, -0.25) is 4.98 Å². The summed E-state index contributed by atoms with van der Waals surface area (Å²) in [7, 11) is 0. The zero-order valence-electron chi connectivity index (χ0n) is 9.25. The smallest absolute Gasteiger partial charge is 0.106 e. The van der Waals surface area contributed by atoms with Gasteiger partial charge in [-0.05, 0) is 23.4 Å². The van der Waals surface area contributed by atoms with Gasteiger partial charge >= 0.3 is 0 Å². The number of hydrogen-bond acceptors (Lipinski definition) is 3. The van der Waals surface area contributed by atoms with E-state index < -0.39 is 12.2 Å². The van der Waals surface area contributed by atoms with Crippen molar-refractivity contribution in [3.63, 3.8) is 0 Å². The molecule has 4 heteroatoms. The minimum atomic E-state index is -0.929. The van der Waals surface area contributed by atoms with E-state index in [4.69, 9.17) is 11.6 Å². The average Bonchev–Trinajstić information content (AvgIpc) is 2.37. The van der Waals surface area contributed by atoms with E-state index in [1.807, 2.05) is 18.2 Å². The van der Waals surface area contributed by atoms with Crippen LogP contribution in [-0.2, 0) is 0 Å². The molecule has 0 fully saturated rings. The molecule has 0 aliphatic carbocycles. The molecule has 0 amide bonds. The van der Waals surface area contributed by atoms with Gasteiger partial charge in [0.05, 0.1) is 6.10 Å². The lowest BCUT2D eigenvalue weighted by Gasteiger charge is -2.18. The van der Waals surface area contributed by atoms with Crippen LogP contribution in [0.4, 0.5) is 0 Å². The van der Waals surface area contributed by atoms with Crippen molar-refractivity contribution in [2.75, 3.05) is 5.88 Å². The summed E-state index contributed by atoms with van der Waals surface area (Å²) in [5.74, 6) is 0.321. The normalized spacial score (nSPS) is 14.8. The fraction of sp³-hybridized carbons (Fsp3) is 0.308. The molecular weight excluding hydrogens is 238 g/mol. The molecule has 1 aromatic heterocycles. The quantitative estimate of drug-likeness (QED) is 0.820. The summed E-state index contributed by atoms with van der Waals surface area (Å²) in [5.41, 5.74) is 0.688. The van der Waals surface area contributed by atoms with Crippen LogP contribution in [-0.4, -0.2) is 27.2 Å². The maximum atomic E-state index is 10.1. The molecule has 0 aliphatic rings. The van der Waals surface area contributed by atoms with Gasteiger partial charge in [0.15, 0.2) is 0 Å². The third-order valence-corrected chi connectivity index (χ3v) is 3.02. The maximum Gasteiger partial charge on any atom is 0.106 e. The van der Waals surface area contributed by atoms with Crippen LogP contribution in [0.1, 0.15) is 18.1 Å². The van der Waals surface area contributed by atoms with Crippen molar-refractivity contribution >= 4 is 22.4 Å².